The van der Waals surface area contributed by atoms with Crippen LogP contribution in [0.15, 0.2) is 24.3 Å². The smallest absolute Gasteiger partial charge is 0.220 e. The average molecular weight is 276 g/mol. The Morgan fingerprint density at radius 2 is 1.90 bits per heavy atom. The number of nitrogen functional groups attached to an aromatic ring is 1. The molecule has 0 aromatic heterocycles. The number of amides is 1. The number of nitrogens with two attached hydrogens (primary N) is 1. The topological polar surface area (TPSA) is 55.1 Å². The van der Waals surface area contributed by atoms with Crippen LogP contribution >= 0.6 is 0 Å². The molecule has 3 heteroatoms. The van der Waals surface area contributed by atoms with E-state index < -0.39 is 0 Å². The highest BCUT2D eigenvalue weighted by Gasteiger charge is 2.09. The molecule has 3 nitrogen and oxygen atoms in total. The number of carbonyl (C=O) groups is 1. The normalized spacial score (nSPS) is 12.1. The zero-order chi connectivity index (χ0) is 14.8. The third-order valence-corrected chi connectivity index (χ3v) is 3.55. The van der Waals surface area contributed by atoms with Crippen LogP contribution in [-0.2, 0) is 4.79 Å². The van der Waals surface area contributed by atoms with Crippen LogP contribution in [0.5, 0.6) is 0 Å². The monoisotopic (exact) mass is 276 g/mol. The molecule has 112 valence electrons. The van der Waals surface area contributed by atoms with Gasteiger partial charge < -0.3 is 11.1 Å². The van der Waals surface area contributed by atoms with Crippen LogP contribution in [-0.4, -0.2) is 5.91 Å². The largest absolute Gasteiger partial charge is 0.399 e. The SMILES string of the molecule is CCCCCCCCC(=O)NC(C)c1cccc(N)c1. The fraction of sp³-hybridized carbons (Fsp3) is 0.588. The van der Waals surface area contributed by atoms with Gasteiger partial charge in [-0.25, -0.2) is 0 Å². The Morgan fingerprint density at radius 1 is 1.20 bits per heavy atom. The minimum Gasteiger partial charge on any atom is -0.399 e. The third kappa shape index (κ3) is 6.60. The summed E-state index contributed by atoms with van der Waals surface area (Å²) in [6, 6.07) is 7.70. The number of hydrogen-bond acceptors (Lipinski definition) is 2. The number of carbonyl (C=O) groups excluding carboxylic acids is 1. The fourth-order valence-corrected chi connectivity index (χ4v) is 2.29. The lowest BCUT2D eigenvalue weighted by Crippen LogP contribution is -2.26. The molecule has 0 aliphatic rings. The lowest BCUT2D eigenvalue weighted by Gasteiger charge is -2.14. The molecule has 1 aromatic carbocycles. The van der Waals surface area contributed by atoms with Crippen molar-refractivity contribution in [2.24, 2.45) is 0 Å². The molecule has 1 unspecified atom stereocenters. The Bertz CT molecular complexity index is 404. The van der Waals surface area contributed by atoms with Crippen LogP contribution in [0.4, 0.5) is 5.69 Å². The van der Waals surface area contributed by atoms with Crippen molar-refractivity contribution in [3.63, 3.8) is 0 Å². The molecule has 0 heterocycles. The van der Waals surface area contributed by atoms with Crippen LogP contribution in [0.1, 0.15) is 70.4 Å². The van der Waals surface area contributed by atoms with Crippen LogP contribution in [0.3, 0.4) is 0 Å². The van der Waals surface area contributed by atoms with Gasteiger partial charge in [-0.2, -0.15) is 0 Å². The van der Waals surface area contributed by atoms with Crippen molar-refractivity contribution < 1.29 is 4.79 Å². The minimum absolute atomic E-state index is 0.0195. The molecule has 1 amide bonds. The quantitative estimate of drug-likeness (QED) is 0.524. The summed E-state index contributed by atoms with van der Waals surface area (Å²) >= 11 is 0. The van der Waals surface area contributed by atoms with Gasteiger partial charge in [0.25, 0.3) is 0 Å². The molecule has 3 N–H and O–H groups in total. The van der Waals surface area contributed by atoms with E-state index in [2.05, 4.69) is 12.2 Å². The first-order valence-electron chi connectivity index (χ1n) is 7.78. The Kier molecular flexibility index (Phi) is 7.78. The van der Waals surface area contributed by atoms with E-state index in [1.165, 1.54) is 25.7 Å². The summed E-state index contributed by atoms with van der Waals surface area (Å²) < 4.78 is 0. The maximum atomic E-state index is 11.9. The standard InChI is InChI=1S/C17H28N2O/c1-3-4-5-6-7-8-12-17(20)19-14(2)15-10-9-11-16(18)13-15/h9-11,13-14H,3-8,12,18H2,1-2H3,(H,19,20). The lowest BCUT2D eigenvalue weighted by molar-refractivity contribution is -0.121. The molecule has 0 bridgehead atoms. The Balaban J connectivity index is 2.21. The van der Waals surface area contributed by atoms with Gasteiger partial charge in [-0.3, -0.25) is 4.79 Å². The number of nitrogens with one attached hydrogen (secondary N) is 1. The van der Waals surface area contributed by atoms with Gasteiger partial charge in [0.1, 0.15) is 0 Å². The van der Waals surface area contributed by atoms with E-state index >= 15 is 0 Å². The average Bonchev–Trinajstić information content (AvgIpc) is 2.42. The highest BCUT2D eigenvalue weighted by molar-refractivity contribution is 5.76. The van der Waals surface area contributed by atoms with Gasteiger partial charge in [-0.15, -0.1) is 0 Å². The van der Waals surface area contributed by atoms with Gasteiger partial charge >= 0.3 is 0 Å². The molecule has 1 aromatic rings. The summed E-state index contributed by atoms with van der Waals surface area (Å²) in [5.41, 5.74) is 7.55. The van der Waals surface area contributed by atoms with Crippen molar-refractivity contribution in [3.8, 4) is 0 Å². The number of unbranched alkanes of at least 4 members (excludes halogenated alkanes) is 5. The van der Waals surface area contributed by atoms with Gasteiger partial charge in [-0.1, -0.05) is 51.2 Å². The van der Waals surface area contributed by atoms with E-state index in [-0.39, 0.29) is 11.9 Å². The Hall–Kier alpha value is -1.51. The first kappa shape index (κ1) is 16.5. The summed E-state index contributed by atoms with van der Waals surface area (Å²) in [4.78, 5) is 11.9. The van der Waals surface area contributed by atoms with E-state index in [0.717, 1.165) is 24.1 Å². The minimum atomic E-state index is 0.0195. The predicted octanol–water partition coefficient (Wildman–Crippen LogP) is 4.20. The van der Waals surface area contributed by atoms with Crippen molar-refractivity contribution in [1.82, 2.24) is 5.32 Å². The summed E-state index contributed by atoms with van der Waals surface area (Å²) in [7, 11) is 0. The summed E-state index contributed by atoms with van der Waals surface area (Å²) in [5.74, 6) is 0.135. The van der Waals surface area contributed by atoms with Crippen molar-refractivity contribution in [2.75, 3.05) is 5.73 Å². The fourth-order valence-electron chi connectivity index (χ4n) is 2.29. The zero-order valence-corrected chi connectivity index (χ0v) is 12.8. The van der Waals surface area contributed by atoms with E-state index in [0.29, 0.717) is 6.42 Å². The van der Waals surface area contributed by atoms with Crippen molar-refractivity contribution in [1.29, 1.82) is 0 Å². The van der Waals surface area contributed by atoms with Crippen molar-refractivity contribution in [2.45, 2.75) is 64.8 Å². The second-order valence-corrected chi connectivity index (χ2v) is 5.48. The maximum absolute atomic E-state index is 11.9. The van der Waals surface area contributed by atoms with E-state index in [4.69, 9.17) is 5.73 Å². The molecule has 1 rings (SSSR count). The summed E-state index contributed by atoms with van der Waals surface area (Å²) in [6.07, 6.45) is 7.86. The molecule has 0 radical (unpaired) electrons. The summed E-state index contributed by atoms with van der Waals surface area (Å²) in [6.45, 7) is 4.21. The second-order valence-electron chi connectivity index (χ2n) is 5.48. The maximum Gasteiger partial charge on any atom is 0.220 e. The highest BCUT2D eigenvalue weighted by Crippen LogP contribution is 2.15. The molecule has 0 spiro atoms. The van der Waals surface area contributed by atoms with E-state index in [1.807, 2.05) is 31.2 Å². The van der Waals surface area contributed by atoms with Crippen LogP contribution in [0.25, 0.3) is 0 Å². The molecule has 0 fully saturated rings. The third-order valence-electron chi connectivity index (χ3n) is 3.55. The first-order valence-corrected chi connectivity index (χ1v) is 7.78. The molecule has 0 saturated heterocycles. The number of anilines is 1. The molecular weight excluding hydrogens is 248 g/mol. The molecule has 1 atom stereocenters. The van der Waals surface area contributed by atoms with Crippen LogP contribution < -0.4 is 11.1 Å². The van der Waals surface area contributed by atoms with Crippen LogP contribution in [0.2, 0.25) is 0 Å². The number of hydrogen-bond donors (Lipinski definition) is 2. The van der Waals surface area contributed by atoms with E-state index in [9.17, 15) is 4.79 Å². The Morgan fingerprint density at radius 3 is 2.60 bits per heavy atom. The highest BCUT2D eigenvalue weighted by atomic mass is 16.1. The lowest BCUT2D eigenvalue weighted by atomic mass is 10.1. The second kappa shape index (κ2) is 9.40. The Labute approximate surface area is 122 Å². The molecule has 20 heavy (non-hydrogen) atoms. The van der Waals surface area contributed by atoms with Gasteiger partial charge in [-0.05, 0) is 31.0 Å². The summed E-state index contributed by atoms with van der Waals surface area (Å²) in [5, 5.41) is 3.03. The zero-order valence-electron chi connectivity index (χ0n) is 12.8. The van der Waals surface area contributed by atoms with Crippen molar-refractivity contribution >= 4 is 11.6 Å². The number of benzene rings is 1. The molecular formula is C17H28N2O. The predicted molar refractivity (Wildman–Crippen MR) is 85.4 cm³/mol. The molecule has 0 saturated carbocycles. The van der Waals surface area contributed by atoms with Crippen LogP contribution in [0, 0.1) is 0 Å². The van der Waals surface area contributed by atoms with Gasteiger partial charge in [0.2, 0.25) is 5.91 Å². The van der Waals surface area contributed by atoms with Gasteiger partial charge in [0.15, 0.2) is 0 Å². The van der Waals surface area contributed by atoms with E-state index in [1.54, 1.807) is 0 Å². The number of rotatable bonds is 9. The van der Waals surface area contributed by atoms with Crippen molar-refractivity contribution in [3.05, 3.63) is 29.8 Å². The first-order chi connectivity index (χ1) is 9.63. The molecule has 0 aliphatic heterocycles. The molecule has 0 aliphatic carbocycles. The van der Waals surface area contributed by atoms with Gasteiger partial charge in [0.05, 0.1) is 6.04 Å². The van der Waals surface area contributed by atoms with Gasteiger partial charge in [0, 0.05) is 12.1 Å².